The number of nitrogens with two attached hydrogens (primary N) is 1. The van der Waals surface area contributed by atoms with Crippen molar-refractivity contribution in [2.24, 2.45) is 11.7 Å². The molecule has 0 aromatic carbocycles. The normalized spacial score (nSPS) is 14.9. The van der Waals surface area contributed by atoms with Gasteiger partial charge in [-0.15, -0.1) is 0 Å². The van der Waals surface area contributed by atoms with E-state index in [0.29, 0.717) is 0 Å². The number of aliphatic hydroxyl groups is 1. The fraction of sp³-hybridized carbons (Fsp3) is 0.909. The van der Waals surface area contributed by atoms with E-state index in [4.69, 9.17) is 10.5 Å². The van der Waals surface area contributed by atoms with Crippen molar-refractivity contribution in [3.8, 4) is 0 Å². The molecule has 96 valence electrons. The van der Waals surface area contributed by atoms with Crippen LogP contribution in [0.15, 0.2) is 0 Å². The van der Waals surface area contributed by atoms with Crippen LogP contribution in [-0.4, -0.2) is 43.4 Å². The van der Waals surface area contributed by atoms with E-state index in [2.05, 4.69) is 5.32 Å². The van der Waals surface area contributed by atoms with Crippen LogP contribution in [0.25, 0.3) is 0 Å². The Bertz CT molecular complexity index is 196. The van der Waals surface area contributed by atoms with Crippen molar-refractivity contribution in [2.45, 2.75) is 38.8 Å². The fourth-order valence-corrected chi connectivity index (χ4v) is 1.59. The van der Waals surface area contributed by atoms with Crippen LogP contribution in [0.2, 0.25) is 0 Å². The molecule has 0 radical (unpaired) electrons. The number of rotatable bonds is 8. The first-order chi connectivity index (χ1) is 7.56. The molecule has 0 aliphatic rings. The first kappa shape index (κ1) is 15.3. The van der Waals surface area contributed by atoms with Gasteiger partial charge in [0.2, 0.25) is 5.91 Å². The second-order valence-corrected chi connectivity index (χ2v) is 3.95. The maximum atomic E-state index is 11.4. The van der Waals surface area contributed by atoms with Gasteiger partial charge in [0.05, 0.1) is 12.7 Å². The quantitative estimate of drug-likeness (QED) is 0.544. The fourth-order valence-electron chi connectivity index (χ4n) is 1.59. The number of hydrogen-bond donors (Lipinski definition) is 3. The third-order valence-corrected chi connectivity index (χ3v) is 2.76. The lowest BCUT2D eigenvalue weighted by Crippen LogP contribution is -2.46. The lowest BCUT2D eigenvalue weighted by atomic mass is 9.96. The summed E-state index contributed by atoms with van der Waals surface area (Å²) in [5.41, 5.74) is 5.54. The molecule has 4 N–H and O–H groups in total. The third-order valence-electron chi connectivity index (χ3n) is 2.76. The van der Waals surface area contributed by atoms with Gasteiger partial charge >= 0.3 is 0 Å². The Balaban J connectivity index is 3.90. The zero-order valence-corrected chi connectivity index (χ0v) is 10.4. The van der Waals surface area contributed by atoms with Gasteiger partial charge in [0.15, 0.2) is 0 Å². The van der Waals surface area contributed by atoms with Crippen molar-refractivity contribution >= 4 is 5.91 Å². The topological polar surface area (TPSA) is 84.6 Å². The molecule has 2 atom stereocenters. The number of nitrogens with one attached hydrogen (secondary N) is 1. The predicted octanol–water partition coefficient (Wildman–Crippen LogP) is -0.127. The van der Waals surface area contributed by atoms with Crippen LogP contribution >= 0.6 is 0 Å². The third kappa shape index (κ3) is 5.44. The van der Waals surface area contributed by atoms with Crippen LogP contribution in [-0.2, 0) is 9.53 Å². The van der Waals surface area contributed by atoms with Gasteiger partial charge in [-0.1, -0.05) is 26.7 Å². The van der Waals surface area contributed by atoms with Crippen LogP contribution in [0.3, 0.4) is 0 Å². The minimum Gasteiger partial charge on any atom is -0.391 e. The average Bonchev–Trinajstić information content (AvgIpc) is 2.27. The van der Waals surface area contributed by atoms with Gasteiger partial charge in [-0.2, -0.15) is 0 Å². The summed E-state index contributed by atoms with van der Waals surface area (Å²) in [6.45, 7) is 4.49. The lowest BCUT2D eigenvalue weighted by molar-refractivity contribution is -0.124. The summed E-state index contributed by atoms with van der Waals surface area (Å²) in [6, 6.07) is -0.668. The first-order valence-corrected chi connectivity index (χ1v) is 5.77. The Hall–Kier alpha value is -0.650. The number of hydrogen-bond acceptors (Lipinski definition) is 4. The standard InChI is InChI=1S/C11H24N2O3/c1-4-8(5-2)10(14)6-13-11(15)9(12)7-16-3/h8-10,14H,4-7,12H2,1-3H3,(H,13,15). The number of amides is 1. The van der Waals surface area contributed by atoms with E-state index < -0.39 is 12.1 Å². The number of carbonyl (C=O) groups is 1. The maximum absolute atomic E-state index is 11.4. The highest BCUT2D eigenvalue weighted by Crippen LogP contribution is 2.12. The van der Waals surface area contributed by atoms with E-state index in [1.807, 2.05) is 13.8 Å². The summed E-state index contributed by atoms with van der Waals surface area (Å²) in [7, 11) is 1.49. The van der Waals surface area contributed by atoms with Crippen molar-refractivity contribution in [3.05, 3.63) is 0 Å². The second kappa shape index (κ2) is 8.50. The van der Waals surface area contributed by atoms with Crippen LogP contribution in [0.1, 0.15) is 26.7 Å². The van der Waals surface area contributed by atoms with Crippen LogP contribution in [0.5, 0.6) is 0 Å². The van der Waals surface area contributed by atoms with Crippen molar-refractivity contribution in [1.29, 1.82) is 0 Å². The van der Waals surface area contributed by atoms with Crippen molar-refractivity contribution in [2.75, 3.05) is 20.3 Å². The summed E-state index contributed by atoms with van der Waals surface area (Å²) in [4.78, 5) is 11.4. The number of methoxy groups -OCH3 is 1. The molecule has 16 heavy (non-hydrogen) atoms. The Morgan fingerprint density at radius 2 is 2.00 bits per heavy atom. The van der Waals surface area contributed by atoms with Gasteiger partial charge < -0.3 is 20.9 Å². The zero-order chi connectivity index (χ0) is 12.6. The summed E-state index contributed by atoms with van der Waals surface area (Å²) < 4.78 is 4.77. The molecular formula is C11H24N2O3. The predicted molar refractivity (Wildman–Crippen MR) is 62.9 cm³/mol. The molecule has 5 heteroatoms. The van der Waals surface area contributed by atoms with Gasteiger partial charge in [0.1, 0.15) is 6.04 Å². The van der Waals surface area contributed by atoms with Crippen molar-refractivity contribution < 1.29 is 14.6 Å². The Morgan fingerprint density at radius 3 is 2.44 bits per heavy atom. The van der Waals surface area contributed by atoms with E-state index in [-0.39, 0.29) is 25.0 Å². The molecule has 0 saturated heterocycles. The summed E-state index contributed by atoms with van der Waals surface area (Å²) >= 11 is 0. The lowest BCUT2D eigenvalue weighted by Gasteiger charge is -2.21. The highest BCUT2D eigenvalue weighted by molar-refractivity contribution is 5.81. The largest absolute Gasteiger partial charge is 0.391 e. The van der Waals surface area contributed by atoms with E-state index >= 15 is 0 Å². The van der Waals surface area contributed by atoms with Crippen LogP contribution in [0, 0.1) is 5.92 Å². The van der Waals surface area contributed by atoms with Gasteiger partial charge in [0, 0.05) is 13.7 Å². The molecule has 0 spiro atoms. The molecule has 0 bridgehead atoms. The molecule has 0 heterocycles. The highest BCUT2D eigenvalue weighted by atomic mass is 16.5. The van der Waals surface area contributed by atoms with Gasteiger partial charge in [-0.05, 0) is 5.92 Å². The smallest absolute Gasteiger partial charge is 0.239 e. The summed E-state index contributed by atoms with van der Waals surface area (Å²) in [6.07, 6.45) is 1.30. The van der Waals surface area contributed by atoms with E-state index in [9.17, 15) is 9.90 Å². The number of carbonyl (C=O) groups excluding carboxylic acids is 1. The van der Waals surface area contributed by atoms with E-state index in [0.717, 1.165) is 12.8 Å². The molecule has 0 aromatic rings. The first-order valence-electron chi connectivity index (χ1n) is 5.77. The highest BCUT2D eigenvalue weighted by Gasteiger charge is 2.18. The number of ether oxygens (including phenoxy) is 1. The monoisotopic (exact) mass is 232 g/mol. The molecule has 0 fully saturated rings. The Morgan fingerprint density at radius 1 is 1.44 bits per heavy atom. The molecule has 1 amide bonds. The van der Waals surface area contributed by atoms with Gasteiger partial charge in [-0.25, -0.2) is 0 Å². The summed E-state index contributed by atoms with van der Waals surface area (Å²) in [5.74, 6) is -0.0641. The maximum Gasteiger partial charge on any atom is 0.239 e. The molecular weight excluding hydrogens is 208 g/mol. The van der Waals surface area contributed by atoms with E-state index in [1.165, 1.54) is 7.11 Å². The minimum absolute atomic E-state index is 0.187. The molecule has 0 saturated carbocycles. The molecule has 0 rings (SSSR count). The van der Waals surface area contributed by atoms with Crippen molar-refractivity contribution in [1.82, 2.24) is 5.32 Å². The van der Waals surface area contributed by atoms with Crippen molar-refractivity contribution in [3.63, 3.8) is 0 Å². The van der Waals surface area contributed by atoms with Gasteiger partial charge in [0.25, 0.3) is 0 Å². The minimum atomic E-state index is -0.668. The molecule has 5 nitrogen and oxygen atoms in total. The second-order valence-electron chi connectivity index (χ2n) is 3.95. The van der Waals surface area contributed by atoms with Crippen LogP contribution < -0.4 is 11.1 Å². The summed E-state index contributed by atoms with van der Waals surface area (Å²) in [5, 5.41) is 12.4. The number of aliphatic hydroxyl groups excluding tert-OH is 1. The zero-order valence-electron chi connectivity index (χ0n) is 10.4. The van der Waals surface area contributed by atoms with Gasteiger partial charge in [-0.3, -0.25) is 4.79 Å². The average molecular weight is 232 g/mol. The molecule has 0 aliphatic carbocycles. The molecule has 0 aliphatic heterocycles. The van der Waals surface area contributed by atoms with Crippen LogP contribution in [0.4, 0.5) is 0 Å². The Labute approximate surface area is 97.3 Å². The molecule has 2 unspecified atom stereocenters. The SMILES string of the molecule is CCC(CC)C(O)CNC(=O)C(N)COC. The van der Waals surface area contributed by atoms with E-state index in [1.54, 1.807) is 0 Å². The Kier molecular flexibility index (Phi) is 8.15. The molecule has 0 aromatic heterocycles.